The SMILES string of the molecule is CN(C)c1ccc(CNC(=O)COC(=O)Cc2n[nH]c(=O)c3ccccc23)cc1. The fraction of sp³-hybridized carbons (Fsp3) is 0.238. The fourth-order valence-electron chi connectivity index (χ4n) is 2.80. The van der Waals surface area contributed by atoms with Gasteiger partial charge in [0.05, 0.1) is 17.5 Å². The summed E-state index contributed by atoms with van der Waals surface area (Å²) in [6, 6.07) is 14.6. The number of hydrogen-bond acceptors (Lipinski definition) is 6. The summed E-state index contributed by atoms with van der Waals surface area (Å²) in [6.45, 7) is -0.0356. The standard InChI is InChI=1S/C21H22N4O4/c1-25(2)15-9-7-14(8-10-15)12-22-19(26)13-29-20(27)11-18-16-5-3-4-6-17(16)21(28)24-23-18/h3-10H,11-13H2,1-2H3,(H,22,26)(H,24,28). The summed E-state index contributed by atoms with van der Waals surface area (Å²) in [5.41, 5.74) is 2.08. The first kappa shape index (κ1) is 20.1. The molecule has 0 saturated carbocycles. The minimum atomic E-state index is -0.597. The Morgan fingerprint density at radius 1 is 1.07 bits per heavy atom. The summed E-state index contributed by atoms with van der Waals surface area (Å²) in [4.78, 5) is 37.8. The van der Waals surface area contributed by atoms with Crippen LogP contribution in [-0.4, -0.2) is 42.8 Å². The number of esters is 1. The van der Waals surface area contributed by atoms with Gasteiger partial charge in [-0.05, 0) is 23.8 Å². The molecule has 150 valence electrons. The van der Waals surface area contributed by atoms with Crippen molar-refractivity contribution in [2.45, 2.75) is 13.0 Å². The lowest BCUT2D eigenvalue weighted by Crippen LogP contribution is -2.28. The summed E-state index contributed by atoms with van der Waals surface area (Å²) in [6.07, 6.45) is -0.142. The molecule has 0 fully saturated rings. The molecule has 0 bridgehead atoms. The molecule has 8 nitrogen and oxygen atoms in total. The van der Waals surface area contributed by atoms with Gasteiger partial charge in [0.25, 0.3) is 11.5 Å². The Bertz CT molecular complexity index is 1070. The molecule has 2 N–H and O–H groups in total. The monoisotopic (exact) mass is 394 g/mol. The van der Waals surface area contributed by atoms with Crippen LogP contribution in [0.15, 0.2) is 53.3 Å². The lowest BCUT2D eigenvalue weighted by molar-refractivity contribution is -0.147. The van der Waals surface area contributed by atoms with Crippen molar-refractivity contribution in [1.82, 2.24) is 15.5 Å². The largest absolute Gasteiger partial charge is 0.455 e. The third-order valence-corrected chi connectivity index (χ3v) is 4.39. The van der Waals surface area contributed by atoms with E-state index in [9.17, 15) is 14.4 Å². The lowest BCUT2D eigenvalue weighted by Gasteiger charge is -2.13. The summed E-state index contributed by atoms with van der Waals surface area (Å²) >= 11 is 0. The maximum atomic E-state index is 12.1. The van der Waals surface area contributed by atoms with Gasteiger partial charge in [-0.2, -0.15) is 5.10 Å². The number of anilines is 1. The molecule has 1 heterocycles. The van der Waals surface area contributed by atoms with Gasteiger partial charge in [-0.3, -0.25) is 14.4 Å². The van der Waals surface area contributed by atoms with Crippen LogP contribution in [0.3, 0.4) is 0 Å². The number of amides is 1. The number of H-pyrrole nitrogens is 1. The van der Waals surface area contributed by atoms with Gasteiger partial charge in [0.2, 0.25) is 0 Å². The van der Waals surface area contributed by atoms with E-state index in [-0.39, 0.29) is 18.6 Å². The summed E-state index contributed by atoms with van der Waals surface area (Å²) in [7, 11) is 3.91. The molecular weight excluding hydrogens is 372 g/mol. The van der Waals surface area contributed by atoms with Crippen molar-refractivity contribution in [3.63, 3.8) is 0 Å². The molecule has 3 aromatic rings. The Balaban J connectivity index is 1.50. The van der Waals surface area contributed by atoms with Crippen LogP contribution in [0.1, 0.15) is 11.3 Å². The van der Waals surface area contributed by atoms with Crippen LogP contribution >= 0.6 is 0 Å². The smallest absolute Gasteiger partial charge is 0.312 e. The first-order valence-corrected chi connectivity index (χ1v) is 9.09. The number of aromatic amines is 1. The Hall–Kier alpha value is -3.68. The van der Waals surface area contributed by atoms with Gasteiger partial charge in [0.15, 0.2) is 6.61 Å². The molecule has 0 atom stereocenters. The Morgan fingerprint density at radius 2 is 1.76 bits per heavy atom. The molecule has 2 aromatic carbocycles. The van der Waals surface area contributed by atoms with Gasteiger partial charge in [0, 0.05) is 31.7 Å². The van der Waals surface area contributed by atoms with Crippen LogP contribution < -0.4 is 15.8 Å². The maximum absolute atomic E-state index is 12.1. The number of ether oxygens (including phenoxy) is 1. The van der Waals surface area contributed by atoms with Crippen molar-refractivity contribution >= 4 is 28.3 Å². The van der Waals surface area contributed by atoms with Crippen LogP contribution in [0.4, 0.5) is 5.69 Å². The minimum Gasteiger partial charge on any atom is -0.455 e. The van der Waals surface area contributed by atoms with Crippen molar-refractivity contribution in [3.05, 3.63) is 70.1 Å². The van der Waals surface area contributed by atoms with Gasteiger partial charge in [-0.15, -0.1) is 0 Å². The van der Waals surface area contributed by atoms with E-state index >= 15 is 0 Å². The number of nitrogens with zero attached hydrogens (tertiary/aromatic N) is 2. The zero-order chi connectivity index (χ0) is 20.8. The molecule has 29 heavy (non-hydrogen) atoms. The van der Waals surface area contributed by atoms with Crippen molar-refractivity contribution in [3.8, 4) is 0 Å². The molecule has 8 heteroatoms. The number of aromatic nitrogens is 2. The fourth-order valence-corrected chi connectivity index (χ4v) is 2.80. The van der Waals surface area contributed by atoms with E-state index in [4.69, 9.17) is 4.74 Å². The number of hydrogen-bond donors (Lipinski definition) is 2. The number of carbonyl (C=O) groups is 2. The van der Waals surface area contributed by atoms with E-state index in [1.165, 1.54) is 0 Å². The number of benzene rings is 2. The minimum absolute atomic E-state index is 0.142. The Kier molecular flexibility index (Phi) is 6.23. The average Bonchev–Trinajstić information content (AvgIpc) is 2.73. The van der Waals surface area contributed by atoms with Crippen molar-refractivity contribution < 1.29 is 14.3 Å². The van der Waals surface area contributed by atoms with Gasteiger partial charge in [-0.25, -0.2) is 5.10 Å². The molecule has 0 unspecified atom stereocenters. The van der Waals surface area contributed by atoms with E-state index in [2.05, 4.69) is 15.5 Å². The van der Waals surface area contributed by atoms with E-state index < -0.39 is 11.9 Å². The highest BCUT2D eigenvalue weighted by atomic mass is 16.5. The molecule has 3 rings (SSSR count). The molecule has 0 aliphatic heterocycles. The third kappa shape index (κ3) is 5.19. The second-order valence-electron chi connectivity index (χ2n) is 6.72. The quantitative estimate of drug-likeness (QED) is 0.587. The Morgan fingerprint density at radius 3 is 2.45 bits per heavy atom. The van der Waals surface area contributed by atoms with Crippen LogP contribution in [0.5, 0.6) is 0 Å². The molecular formula is C21H22N4O4. The first-order chi connectivity index (χ1) is 13.9. The molecule has 0 aliphatic rings. The van der Waals surface area contributed by atoms with Gasteiger partial charge in [0.1, 0.15) is 0 Å². The van der Waals surface area contributed by atoms with Crippen molar-refractivity contribution in [2.24, 2.45) is 0 Å². The Labute approximate surface area is 167 Å². The number of rotatable bonds is 7. The number of fused-ring (bicyclic) bond motifs is 1. The highest BCUT2D eigenvalue weighted by Gasteiger charge is 2.13. The number of carbonyl (C=O) groups excluding carboxylic acids is 2. The zero-order valence-electron chi connectivity index (χ0n) is 16.3. The topological polar surface area (TPSA) is 104 Å². The van der Waals surface area contributed by atoms with Crippen molar-refractivity contribution in [2.75, 3.05) is 25.6 Å². The van der Waals surface area contributed by atoms with E-state index in [0.717, 1.165) is 11.3 Å². The van der Waals surface area contributed by atoms with E-state index in [1.54, 1.807) is 24.3 Å². The van der Waals surface area contributed by atoms with Crippen molar-refractivity contribution in [1.29, 1.82) is 0 Å². The predicted molar refractivity (Wildman–Crippen MR) is 110 cm³/mol. The van der Waals surface area contributed by atoms with Crippen LogP contribution in [0, 0.1) is 0 Å². The molecule has 0 radical (unpaired) electrons. The highest BCUT2D eigenvalue weighted by molar-refractivity contribution is 5.87. The van der Waals surface area contributed by atoms with E-state index in [0.29, 0.717) is 23.0 Å². The highest BCUT2D eigenvalue weighted by Crippen LogP contribution is 2.13. The maximum Gasteiger partial charge on any atom is 0.312 e. The predicted octanol–water partition coefficient (Wildman–Crippen LogP) is 1.39. The molecule has 0 aliphatic carbocycles. The first-order valence-electron chi connectivity index (χ1n) is 9.09. The second-order valence-corrected chi connectivity index (χ2v) is 6.72. The summed E-state index contributed by atoms with van der Waals surface area (Å²) < 4.78 is 5.04. The van der Waals surface area contributed by atoms with Crippen LogP contribution in [0.25, 0.3) is 10.8 Å². The third-order valence-electron chi connectivity index (χ3n) is 4.39. The average molecular weight is 394 g/mol. The lowest BCUT2D eigenvalue weighted by atomic mass is 10.1. The van der Waals surface area contributed by atoms with Gasteiger partial charge >= 0.3 is 5.97 Å². The van der Waals surface area contributed by atoms with Gasteiger partial charge in [-0.1, -0.05) is 30.3 Å². The second kappa shape index (κ2) is 9.01. The summed E-state index contributed by atoms with van der Waals surface area (Å²) in [5, 5.41) is 10.0. The molecule has 1 aromatic heterocycles. The molecule has 0 saturated heterocycles. The van der Waals surface area contributed by atoms with Crippen LogP contribution in [0.2, 0.25) is 0 Å². The van der Waals surface area contributed by atoms with Gasteiger partial charge < -0.3 is 15.0 Å². The normalized spacial score (nSPS) is 10.6. The summed E-state index contributed by atoms with van der Waals surface area (Å²) in [5.74, 6) is -0.991. The molecule has 1 amide bonds. The molecule has 0 spiro atoms. The van der Waals surface area contributed by atoms with Crippen LogP contribution in [-0.2, 0) is 27.3 Å². The zero-order valence-corrected chi connectivity index (χ0v) is 16.3. The van der Waals surface area contributed by atoms with E-state index in [1.807, 2.05) is 43.3 Å². The number of nitrogens with one attached hydrogen (secondary N) is 2.